The van der Waals surface area contributed by atoms with E-state index in [4.69, 9.17) is 9.84 Å². The topological polar surface area (TPSA) is 58.6 Å². The lowest BCUT2D eigenvalue weighted by Crippen LogP contribution is -2.41. The summed E-state index contributed by atoms with van der Waals surface area (Å²) in [6.07, 6.45) is 0.289. The van der Waals surface area contributed by atoms with Crippen LogP contribution in [0.1, 0.15) is 25.8 Å². The van der Waals surface area contributed by atoms with E-state index in [0.29, 0.717) is 6.61 Å². The molecule has 1 atom stereocenters. The summed E-state index contributed by atoms with van der Waals surface area (Å²) >= 11 is 0. The van der Waals surface area contributed by atoms with Gasteiger partial charge in [0.15, 0.2) is 0 Å². The molecule has 0 aromatic heterocycles. The maximum Gasteiger partial charge on any atom is 0.223 e. The van der Waals surface area contributed by atoms with E-state index in [2.05, 4.69) is 5.32 Å². The molecule has 106 valence electrons. The molecule has 1 aromatic rings. The zero-order valence-electron chi connectivity index (χ0n) is 11.8. The van der Waals surface area contributed by atoms with E-state index in [9.17, 15) is 4.79 Å². The number of hydrogen-bond donors (Lipinski definition) is 2. The lowest BCUT2D eigenvalue weighted by atomic mass is 10.1. The van der Waals surface area contributed by atoms with E-state index in [0.717, 1.165) is 5.75 Å². The first-order chi connectivity index (χ1) is 9.02. The summed E-state index contributed by atoms with van der Waals surface area (Å²) in [5.41, 5.74) is 1.17. The largest absolute Gasteiger partial charge is 0.493 e. The number of ether oxygens (including phenoxy) is 1. The van der Waals surface area contributed by atoms with Gasteiger partial charge in [-0.1, -0.05) is 31.5 Å². The van der Waals surface area contributed by atoms with Gasteiger partial charge in [-0.15, -0.1) is 0 Å². The van der Waals surface area contributed by atoms with Crippen molar-refractivity contribution in [2.24, 2.45) is 5.92 Å². The second-order valence-corrected chi connectivity index (χ2v) is 5.01. The summed E-state index contributed by atoms with van der Waals surface area (Å²) < 4.78 is 5.48. The third kappa shape index (κ3) is 5.75. The highest BCUT2D eigenvalue weighted by Gasteiger charge is 2.14. The van der Waals surface area contributed by atoms with Gasteiger partial charge in [0.2, 0.25) is 5.91 Å². The Labute approximate surface area is 114 Å². The molecule has 0 bridgehead atoms. The molecule has 0 fully saturated rings. The van der Waals surface area contributed by atoms with Gasteiger partial charge >= 0.3 is 0 Å². The molecule has 4 nitrogen and oxygen atoms in total. The van der Waals surface area contributed by atoms with Crippen LogP contribution in [0.2, 0.25) is 0 Å². The Morgan fingerprint density at radius 3 is 2.47 bits per heavy atom. The van der Waals surface area contributed by atoms with Crippen LogP contribution in [0.3, 0.4) is 0 Å². The van der Waals surface area contributed by atoms with Gasteiger partial charge in [-0.25, -0.2) is 0 Å². The molecule has 1 aromatic carbocycles. The summed E-state index contributed by atoms with van der Waals surface area (Å²) in [5.74, 6) is 0.882. The average Bonchev–Trinajstić information content (AvgIpc) is 2.38. The minimum atomic E-state index is -0.188. The Hall–Kier alpha value is -1.55. The summed E-state index contributed by atoms with van der Waals surface area (Å²) in [4.78, 5) is 11.7. The lowest BCUT2D eigenvalue weighted by Gasteiger charge is -2.19. The van der Waals surface area contributed by atoms with E-state index < -0.39 is 0 Å². The Morgan fingerprint density at radius 1 is 1.32 bits per heavy atom. The lowest BCUT2D eigenvalue weighted by molar-refractivity contribution is -0.122. The molecule has 1 amide bonds. The smallest absolute Gasteiger partial charge is 0.223 e. The third-order valence-electron chi connectivity index (χ3n) is 2.97. The van der Waals surface area contributed by atoms with Crippen LogP contribution in [0.25, 0.3) is 0 Å². The molecule has 0 spiro atoms. The first kappa shape index (κ1) is 15.5. The fourth-order valence-electron chi connectivity index (χ4n) is 1.60. The number of rotatable bonds is 7. The summed E-state index contributed by atoms with van der Waals surface area (Å²) in [6.45, 7) is 6.24. The van der Waals surface area contributed by atoms with Crippen molar-refractivity contribution in [3.63, 3.8) is 0 Å². The van der Waals surface area contributed by atoms with Crippen LogP contribution >= 0.6 is 0 Å². The summed E-state index contributed by atoms with van der Waals surface area (Å²) in [7, 11) is 0. The van der Waals surface area contributed by atoms with Gasteiger partial charge in [0, 0.05) is 0 Å². The molecule has 0 saturated heterocycles. The second kappa shape index (κ2) is 7.79. The maximum atomic E-state index is 11.7. The van der Waals surface area contributed by atoms with Crippen LogP contribution in [0.15, 0.2) is 24.3 Å². The number of carbonyl (C=O) groups is 1. The molecule has 0 saturated carbocycles. The fourth-order valence-corrected chi connectivity index (χ4v) is 1.60. The van der Waals surface area contributed by atoms with Gasteiger partial charge in [-0.05, 0) is 25.0 Å². The zero-order chi connectivity index (χ0) is 14.3. The van der Waals surface area contributed by atoms with Crippen LogP contribution in [-0.2, 0) is 4.79 Å². The normalized spacial score (nSPS) is 12.3. The Bertz CT molecular complexity index is 387. The van der Waals surface area contributed by atoms with E-state index >= 15 is 0 Å². The average molecular weight is 265 g/mol. The van der Waals surface area contributed by atoms with Crippen molar-refractivity contribution in [1.29, 1.82) is 0 Å². The molecule has 4 heteroatoms. The molecule has 0 radical (unpaired) electrons. The van der Waals surface area contributed by atoms with Gasteiger partial charge < -0.3 is 15.2 Å². The minimum absolute atomic E-state index is 0.0395. The van der Waals surface area contributed by atoms with Crippen LogP contribution in [0, 0.1) is 12.8 Å². The first-order valence-corrected chi connectivity index (χ1v) is 6.62. The van der Waals surface area contributed by atoms with Crippen molar-refractivity contribution in [3.8, 4) is 5.75 Å². The molecule has 1 unspecified atom stereocenters. The van der Waals surface area contributed by atoms with Crippen molar-refractivity contribution in [3.05, 3.63) is 29.8 Å². The number of aliphatic hydroxyl groups is 1. The van der Waals surface area contributed by atoms with E-state index in [1.807, 2.05) is 45.0 Å². The number of hydrogen-bond acceptors (Lipinski definition) is 3. The second-order valence-electron chi connectivity index (χ2n) is 5.01. The zero-order valence-corrected chi connectivity index (χ0v) is 11.8. The van der Waals surface area contributed by atoms with Crippen LogP contribution in [-0.4, -0.2) is 30.3 Å². The molecular formula is C15H23NO3. The van der Waals surface area contributed by atoms with Crippen molar-refractivity contribution in [2.45, 2.75) is 33.2 Å². The van der Waals surface area contributed by atoms with Gasteiger partial charge in [0.05, 0.1) is 25.7 Å². The molecular weight excluding hydrogens is 242 g/mol. The fraction of sp³-hybridized carbons (Fsp3) is 0.533. The number of nitrogens with one attached hydrogen (secondary N) is 1. The predicted octanol–water partition coefficient (Wildman–Crippen LogP) is 1.90. The van der Waals surface area contributed by atoms with Crippen molar-refractivity contribution in [2.75, 3.05) is 13.2 Å². The van der Waals surface area contributed by atoms with E-state index in [1.165, 1.54) is 5.56 Å². The summed E-state index contributed by atoms with van der Waals surface area (Å²) in [5, 5.41) is 11.9. The van der Waals surface area contributed by atoms with Gasteiger partial charge in [-0.2, -0.15) is 0 Å². The molecule has 0 aliphatic rings. The Kier molecular flexibility index (Phi) is 6.36. The van der Waals surface area contributed by atoms with Crippen molar-refractivity contribution < 1.29 is 14.6 Å². The molecule has 0 heterocycles. The highest BCUT2D eigenvalue weighted by Crippen LogP contribution is 2.11. The highest BCUT2D eigenvalue weighted by atomic mass is 16.5. The van der Waals surface area contributed by atoms with Crippen molar-refractivity contribution >= 4 is 5.91 Å². The van der Waals surface area contributed by atoms with Gasteiger partial charge in [-0.3, -0.25) is 4.79 Å². The third-order valence-corrected chi connectivity index (χ3v) is 2.97. The molecule has 19 heavy (non-hydrogen) atoms. The number of amides is 1. The quantitative estimate of drug-likeness (QED) is 0.791. The van der Waals surface area contributed by atoms with Gasteiger partial charge in [0.25, 0.3) is 0 Å². The van der Waals surface area contributed by atoms with Crippen LogP contribution in [0.5, 0.6) is 5.75 Å². The Morgan fingerprint density at radius 2 is 1.95 bits per heavy atom. The van der Waals surface area contributed by atoms with Crippen molar-refractivity contribution in [1.82, 2.24) is 5.32 Å². The van der Waals surface area contributed by atoms with Crippen LogP contribution < -0.4 is 10.1 Å². The molecule has 2 N–H and O–H groups in total. The number of aryl methyl sites for hydroxylation is 1. The number of aliphatic hydroxyl groups excluding tert-OH is 1. The molecule has 1 rings (SSSR count). The summed E-state index contributed by atoms with van der Waals surface area (Å²) in [6, 6.07) is 7.52. The molecule has 0 aliphatic heterocycles. The number of benzene rings is 1. The van der Waals surface area contributed by atoms with E-state index in [1.54, 1.807) is 0 Å². The maximum absolute atomic E-state index is 11.7. The SMILES string of the molecule is Cc1ccc(OCCC(=O)NC(CO)C(C)C)cc1. The Balaban J connectivity index is 2.29. The van der Waals surface area contributed by atoms with Crippen LogP contribution in [0.4, 0.5) is 0 Å². The predicted molar refractivity (Wildman–Crippen MR) is 75.1 cm³/mol. The monoisotopic (exact) mass is 265 g/mol. The first-order valence-electron chi connectivity index (χ1n) is 6.62. The highest BCUT2D eigenvalue weighted by molar-refractivity contribution is 5.76. The van der Waals surface area contributed by atoms with E-state index in [-0.39, 0.29) is 30.9 Å². The minimum Gasteiger partial charge on any atom is -0.493 e. The molecule has 0 aliphatic carbocycles. The van der Waals surface area contributed by atoms with Gasteiger partial charge in [0.1, 0.15) is 5.75 Å². The number of carbonyl (C=O) groups excluding carboxylic acids is 1. The standard InChI is InChI=1S/C15H23NO3/c1-11(2)14(10-17)16-15(18)8-9-19-13-6-4-12(3)5-7-13/h4-7,11,14,17H,8-10H2,1-3H3,(H,16,18).